The van der Waals surface area contributed by atoms with Gasteiger partial charge in [-0.05, 0) is 66.9 Å². The lowest BCUT2D eigenvalue weighted by Crippen LogP contribution is -2.39. The van der Waals surface area contributed by atoms with Crippen molar-refractivity contribution in [3.8, 4) is 5.75 Å². The van der Waals surface area contributed by atoms with Gasteiger partial charge >= 0.3 is 6.18 Å². The lowest BCUT2D eigenvalue weighted by Gasteiger charge is -2.31. The molecule has 0 saturated heterocycles. The summed E-state index contributed by atoms with van der Waals surface area (Å²) in [6.45, 7) is 4.07. The summed E-state index contributed by atoms with van der Waals surface area (Å²) in [7, 11) is 1.70. The fraction of sp³-hybridized carbons (Fsp3) is 0.200. The van der Waals surface area contributed by atoms with Crippen molar-refractivity contribution in [3.05, 3.63) is 107 Å². The predicted octanol–water partition coefficient (Wildman–Crippen LogP) is 6.99. The van der Waals surface area contributed by atoms with Crippen LogP contribution in [0.5, 0.6) is 5.75 Å². The number of hydrogen-bond acceptors (Lipinski definition) is 3. The van der Waals surface area contributed by atoms with Crippen LogP contribution in [0.4, 0.5) is 13.2 Å². The summed E-state index contributed by atoms with van der Waals surface area (Å²) in [4.78, 5) is 19.5. The average molecular weight is 503 g/mol. The third-order valence-electron chi connectivity index (χ3n) is 6.91. The van der Waals surface area contributed by atoms with Gasteiger partial charge in [0.05, 0.1) is 27.9 Å². The minimum absolute atomic E-state index is 0.186. The number of likely N-dealkylation sites (N-methyl/N-ethyl adjacent to an activating group) is 1. The molecule has 2 heterocycles. The molecule has 0 N–H and O–H groups in total. The van der Waals surface area contributed by atoms with Gasteiger partial charge in [0, 0.05) is 12.4 Å². The van der Waals surface area contributed by atoms with Gasteiger partial charge < -0.3 is 9.64 Å². The van der Waals surface area contributed by atoms with E-state index in [0.717, 1.165) is 28.7 Å². The third-order valence-corrected chi connectivity index (χ3v) is 6.91. The molecule has 0 fully saturated rings. The molecule has 1 amide bonds. The smallest absolute Gasteiger partial charge is 0.416 e. The largest absolute Gasteiger partial charge is 0.487 e. The van der Waals surface area contributed by atoms with E-state index in [4.69, 9.17) is 4.74 Å². The van der Waals surface area contributed by atoms with Gasteiger partial charge in [-0.15, -0.1) is 0 Å². The summed E-state index contributed by atoms with van der Waals surface area (Å²) in [5, 5.41) is 1.06. The van der Waals surface area contributed by atoms with Crippen LogP contribution in [0, 0.1) is 0 Å². The number of amides is 1. The molecule has 37 heavy (non-hydrogen) atoms. The SMILES string of the molecule is CN1C(=O)C(c2ccc(OCc3ccc4ccccc4n3)cc2)=C(c2ccc(C(F)(F)F)cc2)C1(C)C. The first-order valence-corrected chi connectivity index (χ1v) is 11.8. The van der Waals surface area contributed by atoms with Gasteiger partial charge in [0.1, 0.15) is 12.4 Å². The van der Waals surface area contributed by atoms with Crippen LogP contribution in [0.1, 0.15) is 36.2 Å². The van der Waals surface area contributed by atoms with Crippen LogP contribution in [-0.2, 0) is 17.6 Å². The quantitative estimate of drug-likeness (QED) is 0.295. The number of nitrogens with zero attached hydrogens (tertiary/aromatic N) is 2. The Bertz CT molecular complexity index is 1500. The first kappa shape index (κ1) is 24.6. The van der Waals surface area contributed by atoms with Crippen molar-refractivity contribution in [1.82, 2.24) is 9.88 Å². The molecule has 1 aromatic heterocycles. The molecule has 0 saturated carbocycles. The second kappa shape index (κ2) is 9.07. The monoisotopic (exact) mass is 502 g/mol. The van der Waals surface area contributed by atoms with E-state index in [1.165, 1.54) is 12.1 Å². The number of carbonyl (C=O) groups excluding carboxylic acids is 1. The maximum Gasteiger partial charge on any atom is 0.416 e. The summed E-state index contributed by atoms with van der Waals surface area (Å²) < 4.78 is 45.2. The number of para-hydroxylation sites is 1. The molecule has 0 spiro atoms. The Morgan fingerprint density at radius 3 is 2.19 bits per heavy atom. The lowest BCUT2D eigenvalue weighted by atomic mass is 9.85. The van der Waals surface area contributed by atoms with Crippen molar-refractivity contribution in [1.29, 1.82) is 0 Å². The second-order valence-electron chi connectivity index (χ2n) is 9.56. The zero-order valence-electron chi connectivity index (χ0n) is 20.6. The van der Waals surface area contributed by atoms with Crippen LogP contribution in [0.15, 0.2) is 84.9 Å². The van der Waals surface area contributed by atoms with Gasteiger partial charge in [-0.2, -0.15) is 13.2 Å². The van der Waals surface area contributed by atoms with Gasteiger partial charge in [0.2, 0.25) is 0 Å². The minimum Gasteiger partial charge on any atom is -0.487 e. The Kier molecular flexibility index (Phi) is 6.02. The fourth-order valence-corrected chi connectivity index (χ4v) is 4.66. The van der Waals surface area contributed by atoms with Gasteiger partial charge in [-0.3, -0.25) is 4.79 Å². The number of rotatable bonds is 5. The number of halogens is 3. The van der Waals surface area contributed by atoms with E-state index < -0.39 is 17.3 Å². The average Bonchev–Trinajstić information content (AvgIpc) is 3.07. The van der Waals surface area contributed by atoms with Crippen molar-refractivity contribution >= 4 is 28.0 Å². The normalized spacial score (nSPS) is 15.5. The summed E-state index contributed by atoms with van der Waals surface area (Å²) in [5.41, 5.74) is 2.66. The Hall–Kier alpha value is -4.13. The minimum atomic E-state index is -4.42. The number of carbonyl (C=O) groups is 1. The Morgan fingerprint density at radius 2 is 1.51 bits per heavy atom. The number of hydrogen-bond donors (Lipinski definition) is 0. The van der Waals surface area contributed by atoms with Gasteiger partial charge in [-0.1, -0.05) is 48.5 Å². The molecule has 0 atom stereocenters. The van der Waals surface area contributed by atoms with E-state index in [2.05, 4.69) is 4.98 Å². The predicted molar refractivity (Wildman–Crippen MR) is 138 cm³/mol. The van der Waals surface area contributed by atoms with Crippen LogP contribution in [-0.4, -0.2) is 28.4 Å². The molecule has 0 unspecified atom stereocenters. The van der Waals surface area contributed by atoms with Crippen LogP contribution >= 0.6 is 0 Å². The molecule has 0 aliphatic carbocycles. The Labute approximate surface area is 213 Å². The standard InChI is InChI=1S/C30H25F3N2O2/c1-29(2)27(21-8-13-22(14-9-21)30(31,32)33)26(28(36)35(29)3)20-11-16-24(17-12-20)37-18-23-15-10-19-6-4-5-7-25(19)34-23/h4-17H,18H2,1-3H3. The molecule has 188 valence electrons. The Morgan fingerprint density at radius 1 is 0.865 bits per heavy atom. The second-order valence-corrected chi connectivity index (χ2v) is 9.56. The molecule has 3 aromatic carbocycles. The number of benzene rings is 3. The molecular formula is C30H25F3N2O2. The zero-order chi connectivity index (χ0) is 26.4. The van der Waals surface area contributed by atoms with E-state index in [0.29, 0.717) is 34.6 Å². The van der Waals surface area contributed by atoms with Gasteiger partial charge in [0.15, 0.2) is 0 Å². The molecule has 4 nitrogen and oxygen atoms in total. The van der Waals surface area contributed by atoms with Crippen molar-refractivity contribution in [2.45, 2.75) is 32.2 Å². The highest BCUT2D eigenvalue weighted by Crippen LogP contribution is 2.45. The zero-order valence-corrected chi connectivity index (χ0v) is 20.6. The first-order chi connectivity index (χ1) is 17.6. The number of alkyl halides is 3. The van der Waals surface area contributed by atoms with Crippen LogP contribution < -0.4 is 4.74 Å². The van der Waals surface area contributed by atoms with Crippen LogP contribution in [0.3, 0.4) is 0 Å². The van der Waals surface area contributed by atoms with Crippen LogP contribution in [0.25, 0.3) is 22.0 Å². The summed E-state index contributed by atoms with van der Waals surface area (Å²) in [5.74, 6) is 0.433. The fourth-order valence-electron chi connectivity index (χ4n) is 4.66. The number of fused-ring (bicyclic) bond motifs is 1. The molecule has 0 radical (unpaired) electrons. The summed E-state index contributed by atoms with van der Waals surface area (Å²) in [6, 6.07) is 23.9. The highest BCUT2D eigenvalue weighted by atomic mass is 19.4. The number of pyridine rings is 1. The van der Waals surface area contributed by atoms with E-state index in [1.54, 1.807) is 36.2 Å². The summed E-state index contributed by atoms with van der Waals surface area (Å²) >= 11 is 0. The highest BCUT2D eigenvalue weighted by Gasteiger charge is 2.44. The molecule has 5 rings (SSSR count). The number of ether oxygens (including phenoxy) is 1. The summed E-state index contributed by atoms with van der Waals surface area (Å²) in [6.07, 6.45) is -4.42. The van der Waals surface area contributed by atoms with E-state index in [-0.39, 0.29) is 5.91 Å². The topological polar surface area (TPSA) is 42.4 Å². The third kappa shape index (κ3) is 4.57. The van der Waals surface area contributed by atoms with Crippen LogP contribution in [0.2, 0.25) is 0 Å². The molecule has 7 heteroatoms. The van der Waals surface area contributed by atoms with E-state index in [1.807, 2.05) is 50.2 Å². The van der Waals surface area contributed by atoms with Gasteiger partial charge in [0.25, 0.3) is 5.91 Å². The first-order valence-electron chi connectivity index (χ1n) is 11.8. The maximum atomic E-state index is 13.3. The number of aromatic nitrogens is 1. The van der Waals surface area contributed by atoms with Crippen molar-refractivity contribution < 1.29 is 22.7 Å². The highest BCUT2D eigenvalue weighted by molar-refractivity contribution is 6.31. The maximum absolute atomic E-state index is 13.3. The molecular weight excluding hydrogens is 477 g/mol. The van der Waals surface area contributed by atoms with Crippen molar-refractivity contribution in [2.24, 2.45) is 0 Å². The van der Waals surface area contributed by atoms with Crippen molar-refractivity contribution in [3.63, 3.8) is 0 Å². The molecule has 4 aromatic rings. The van der Waals surface area contributed by atoms with E-state index in [9.17, 15) is 18.0 Å². The van der Waals surface area contributed by atoms with Gasteiger partial charge in [-0.25, -0.2) is 4.98 Å². The Balaban J connectivity index is 1.43. The van der Waals surface area contributed by atoms with E-state index >= 15 is 0 Å². The lowest BCUT2D eigenvalue weighted by molar-refractivity contribution is -0.137. The molecule has 0 bridgehead atoms. The molecule has 1 aliphatic rings. The molecule has 1 aliphatic heterocycles. The van der Waals surface area contributed by atoms with Crippen molar-refractivity contribution in [2.75, 3.05) is 7.05 Å².